The van der Waals surface area contributed by atoms with Crippen molar-refractivity contribution in [2.75, 3.05) is 18.5 Å². The monoisotopic (exact) mass is 404 g/mol. The molecular weight excluding hydrogens is 387 g/mol. The number of carbonyl (C=O) groups is 2. The van der Waals surface area contributed by atoms with Crippen molar-refractivity contribution in [1.82, 2.24) is 4.98 Å². The number of rotatable bonds is 7. The molecule has 0 atom stereocenters. The molecule has 0 saturated heterocycles. The second-order valence-electron chi connectivity index (χ2n) is 5.87. The number of anilines is 1. The zero-order valence-corrected chi connectivity index (χ0v) is 16.2. The molecule has 0 radical (unpaired) electrons. The van der Waals surface area contributed by atoms with Crippen LogP contribution in [0.5, 0.6) is 0 Å². The standard InChI is InChI=1S/C20H18Cl2N2O3/c1-2-27-20(26)19-18(17-14(22)10-13(21)11-15(17)24-19)23-9-8-16(25)12-6-4-3-5-7-12/h3-7,10-11,23-24H,2,8-9H2,1H3. The number of carbonyl (C=O) groups excluding carboxylic acids is 2. The SMILES string of the molecule is CCOC(=O)c1[nH]c2cc(Cl)cc(Cl)c2c1NCCC(=O)c1ccccc1. The number of hydrogen-bond donors (Lipinski definition) is 2. The van der Waals surface area contributed by atoms with Crippen LogP contribution < -0.4 is 5.32 Å². The van der Waals surface area contributed by atoms with Gasteiger partial charge in [-0.1, -0.05) is 53.5 Å². The van der Waals surface area contributed by atoms with E-state index in [1.165, 1.54) is 0 Å². The van der Waals surface area contributed by atoms with Gasteiger partial charge in [-0.3, -0.25) is 4.79 Å². The Morgan fingerprint density at radius 3 is 2.59 bits per heavy atom. The number of ether oxygens (including phenoxy) is 1. The molecule has 140 valence electrons. The Bertz CT molecular complexity index is 984. The highest BCUT2D eigenvalue weighted by Crippen LogP contribution is 2.36. The highest BCUT2D eigenvalue weighted by Gasteiger charge is 2.21. The molecule has 5 nitrogen and oxygen atoms in total. The molecule has 27 heavy (non-hydrogen) atoms. The first-order chi connectivity index (χ1) is 13.0. The number of benzene rings is 2. The van der Waals surface area contributed by atoms with Crippen LogP contribution in [0.3, 0.4) is 0 Å². The summed E-state index contributed by atoms with van der Waals surface area (Å²) < 4.78 is 5.11. The summed E-state index contributed by atoms with van der Waals surface area (Å²) in [6.07, 6.45) is 0.268. The molecule has 0 aliphatic heterocycles. The third kappa shape index (κ3) is 4.26. The number of aromatic nitrogens is 1. The second-order valence-corrected chi connectivity index (χ2v) is 6.72. The quantitative estimate of drug-likeness (QED) is 0.411. The van der Waals surface area contributed by atoms with Gasteiger partial charge < -0.3 is 15.0 Å². The van der Waals surface area contributed by atoms with E-state index in [4.69, 9.17) is 27.9 Å². The van der Waals surface area contributed by atoms with E-state index in [-0.39, 0.29) is 24.5 Å². The summed E-state index contributed by atoms with van der Waals surface area (Å²) in [6.45, 7) is 2.32. The highest BCUT2D eigenvalue weighted by atomic mass is 35.5. The normalized spacial score (nSPS) is 10.8. The number of H-pyrrole nitrogens is 1. The van der Waals surface area contributed by atoms with Gasteiger partial charge in [0.1, 0.15) is 5.69 Å². The Hall–Kier alpha value is -2.50. The number of fused-ring (bicyclic) bond motifs is 1. The highest BCUT2D eigenvalue weighted by molar-refractivity contribution is 6.40. The van der Waals surface area contributed by atoms with Crippen LogP contribution in [-0.2, 0) is 4.74 Å². The predicted molar refractivity (Wildman–Crippen MR) is 108 cm³/mol. The summed E-state index contributed by atoms with van der Waals surface area (Å²) in [5, 5.41) is 4.65. The largest absolute Gasteiger partial charge is 0.461 e. The van der Waals surface area contributed by atoms with Gasteiger partial charge in [0, 0.05) is 28.9 Å². The molecular formula is C20H18Cl2N2O3. The van der Waals surface area contributed by atoms with E-state index in [9.17, 15) is 9.59 Å². The number of nitrogens with one attached hydrogen (secondary N) is 2. The van der Waals surface area contributed by atoms with Gasteiger partial charge >= 0.3 is 5.97 Å². The lowest BCUT2D eigenvalue weighted by Crippen LogP contribution is -2.12. The Kier molecular flexibility index (Phi) is 6.04. The summed E-state index contributed by atoms with van der Waals surface area (Å²) in [5.41, 5.74) is 2.02. The van der Waals surface area contributed by atoms with Gasteiger partial charge in [0.2, 0.25) is 0 Å². The molecule has 3 aromatic rings. The summed E-state index contributed by atoms with van der Waals surface area (Å²) in [4.78, 5) is 27.6. The molecule has 3 rings (SSSR count). The van der Waals surface area contributed by atoms with Gasteiger partial charge in [-0.05, 0) is 19.1 Å². The first-order valence-electron chi connectivity index (χ1n) is 8.51. The minimum absolute atomic E-state index is 0.00904. The maximum Gasteiger partial charge on any atom is 0.356 e. The number of Topliss-reactive ketones (excluding diaryl/α,β-unsaturated/α-hetero) is 1. The number of esters is 1. The number of halogens is 2. The number of aromatic amines is 1. The van der Waals surface area contributed by atoms with E-state index >= 15 is 0 Å². The van der Waals surface area contributed by atoms with E-state index in [1.807, 2.05) is 18.2 Å². The fraction of sp³-hybridized carbons (Fsp3) is 0.200. The summed E-state index contributed by atoms with van der Waals surface area (Å²) in [6, 6.07) is 12.3. The van der Waals surface area contributed by atoms with Crippen LogP contribution in [0.4, 0.5) is 5.69 Å². The van der Waals surface area contributed by atoms with Gasteiger partial charge in [0.05, 0.1) is 22.8 Å². The van der Waals surface area contributed by atoms with Crippen molar-refractivity contribution in [2.45, 2.75) is 13.3 Å². The van der Waals surface area contributed by atoms with E-state index in [0.29, 0.717) is 38.7 Å². The lowest BCUT2D eigenvalue weighted by Gasteiger charge is -2.09. The van der Waals surface area contributed by atoms with E-state index in [2.05, 4.69) is 10.3 Å². The van der Waals surface area contributed by atoms with Crippen molar-refractivity contribution in [3.8, 4) is 0 Å². The molecule has 2 N–H and O–H groups in total. The van der Waals surface area contributed by atoms with Crippen molar-refractivity contribution in [2.24, 2.45) is 0 Å². The third-order valence-corrected chi connectivity index (χ3v) is 4.56. The average Bonchev–Trinajstić information content (AvgIpc) is 3.01. The van der Waals surface area contributed by atoms with Gasteiger partial charge in [-0.2, -0.15) is 0 Å². The molecule has 7 heteroatoms. The van der Waals surface area contributed by atoms with Crippen molar-refractivity contribution < 1.29 is 14.3 Å². The second kappa shape index (κ2) is 8.46. The Balaban J connectivity index is 1.86. The first-order valence-corrected chi connectivity index (χ1v) is 9.26. The minimum atomic E-state index is -0.502. The Morgan fingerprint density at radius 2 is 1.89 bits per heavy atom. The minimum Gasteiger partial charge on any atom is -0.461 e. The van der Waals surface area contributed by atoms with E-state index in [0.717, 1.165) is 0 Å². The predicted octanol–water partition coefficient (Wildman–Crippen LogP) is 5.34. The average molecular weight is 405 g/mol. The first kappa shape index (κ1) is 19.3. The molecule has 0 saturated carbocycles. The van der Waals surface area contributed by atoms with Crippen molar-refractivity contribution in [3.63, 3.8) is 0 Å². The smallest absolute Gasteiger partial charge is 0.356 e. The van der Waals surface area contributed by atoms with Crippen LogP contribution >= 0.6 is 23.2 Å². The number of ketones is 1. The molecule has 0 spiro atoms. The zero-order valence-electron chi connectivity index (χ0n) is 14.6. The van der Waals surface area contributed by atoms with Crippen LogP contribution in [0.1, 0.15) is 34.2 Å². The molecule has 2 aromatic carbocycles. The molecule has 0 bridgehead atoms. The van der Waals surface area contributed by atoms with E-state index in [1.54, 1.807) is 31.2 Å². The van der Waals surface area contributed by atoms with Gasteiger partial charge in [0.25, 0.3) is 0 Å². The summed E-state index contributed by atoms with van der Waals surface area (Å²) in [7, 11) is 0. The number of hydrogen-bond acceptors (Lipinski definition) is 4. The molecule has 0 unspecified atom stereocenters. The molecule has 0 aliphatic rings. The molecule has 0 aliphatic carbocycles. The maximum absolute atomic E-state index is 12.3. The Labute approximate surface area is 166 Å². The van der Waals surface area contributed by atoms with Crippen LogP contribution in [-0.4, -0.2) is 29.9 Å². The van der Waals surface area contributed by atoms with Gasteiger partial charge in [0.15, 0.2) is 5.78 Å². The van der Waals surface area contributed by atoms with Crippen molar-refractivity contribution >= 4 is 51.5 Å². The molecule has 0 amide bonds. The zero-order chi connectivity index (χ0) is 19.4. The van der Waals surface area contributed by atoms with Crippen LogP contribution in [0, 0.1) is 0 Å². The van der Waals surface area contributed by atoms with Crippen LogP contribution in [0.15, 0.2) is 42.5 Å². The molecule has 1 heterocycles. The Morgan fingerprint density at radius 1 is 1.15 bits per heavy atom. The topological polar surface area (TPSA) is 71.2 Å². The van der Waals surface area contributed by atoms with Crippen LogP contribution in [0.25, 0.3) is 10.9 Å². The van der Waals surface area contributed by atoms with Gasteiger partial charge in [-0.15, -0.1) is 0 Å². The lowest BCUT2D eigenvalue weighted by atomic mass is 10.1. The maximum atomic E-state index is 12.3. The van der Waals surface area contributed by atoms with Crippen molar-refractivity contribution in [3.05, 3.63) is 63.8 Å². The molecule has 1 aromatic heterocycles. The summed E-state index contributed by atoms with van der Waals surface area (Å²) >= 11 is 12.4. The van der Waals surface area contributed by atoms with Crippen LogP contribution in [0.2, 0.25) is 10.0 Å². The van der Waals surface area contributed by atoms with Gasteiger partial charge in [-0.25, -0.2) is 4.79 Å². The van der Waals surface area contributed by atoms with Crippen molar-refractivity contribution in [1.29, 1.82) is 0 Å². The molecule has 0 fully saturated rings. The fourth-order valence-electron chi connectivity index (χ4n) is 2.85. The summed E-state index contributed by atoms with van der Waals surface area (Å²) in [5.74, 6) is -0.493. The lowest BCUT2D eigenvalue weighted by molar-refractivity contribution is 0.0521. The van der Waals surface area contributed by atoms with E-state index < -0.39 is 5.97 Å². The fourth-order valence-corrected chi connectivity index (χ4v) is 3.44. The third-order valence-electron chi connectivity index (χ3n) is 4.04.